The summed E-state index contributed by atoms with van der Waals surface area (Å²) in [4.78, 5) is 11.5. The summed E-state index contributed by atoms with van der Waals surface area (Å²) in [5, 5.41) is 10.1. The van der Waals surface area contributed by atoms with Crippen LogP contribution in [0.25, 0.3) is 22.0 Å². The molecular formula is C22H25FN3O4S+. The highest BCUT2D eigenvalue weighted by Crippen LogP contribution is 2.37. The number of anilines is 1. The zero-order valence-electron chi connectivity index (χ0n) is 17.6. The highest BCUT2D eigenvalue weighted by molar-refractivity contribution is 7.92. The number of carbonyl (C=O) groups is 1. The first-order valence-electron chi connectivity index (χ1n) is 9.59. The molecular weight excluding hydrogens is 421 g/mol. The zero-order valence-corrected chi connectivity index (χ0v) is 18.4. The summed E-state index contributed by atoms with van der Waals surface area (Å²) in [6.45, 7) is 2.15. The van der Waals surface area contributed by atoms with Gasteiger partial charge in [-0.1, -0.05) is 12.1 Å². The van der Waals surface area contributed by atoms with E-state index in [0.717, 1.165) is 17.5 Å². The highest BCUT2D eigenvalue weighted by Gasteiger charge is 2.20. The Morgan fingerprint density at radius 3 is 2.58 bits per heavy atom. The molecule has 7 nitrogen and oxygen atoms in total. The second-order valence-electron chi connectivity index (χ2n) is 7.30. The number of allylic oxidation sites excluding steroid dienone is 1. The molecule has 31 heavy (non-hydrogen) atoms. The molecule has 3 aromatic rings. The van der Waals surface area contributed by atoms with Gasteiger partial charge in [-0.05, 0) is 42.8 Å². The zero-order chi connectivity index (χ0) is 22.9. The maximum absolute atomic E-state index is 14.4. The number of quaternary nitrogens is 1. The van der Waals surface area contributed by atoms with Gasteiger partial charge in [-0.25, -0.2) is 17.6 Å². The van der Waals surface area contributed by atoms with Crippen molar-refractivity contribution in [3.05, 3.63) is 65.6 Å². The van der Waals surface area contributed by atoms with E-state index in [1.165, 1.54) is 23.5 Å². The summed E-state index contributed by atoms with van der Waals surface area (Å²) in [7, 11) is -1.99. The van der Waals surface area contributed by atoms with Gasteiger partial charge in [-0.3, -0.25) is 4.31 Å². The SMILES string of the molecule is Cc1c(-c2cccc(N(C)S(C)(=O)=O)c2)c2cc(C(=O)O)ccc2n1CC(F)=CC[NH3+]. The molecule has 4 N–H and O–H groups in total. The molecule has 0 amide bonds. The normalized spacial score (nSPS) is 12.4. The molecule has 0 saturated heterocycles. The molecule has 0 bridgehead atoms. The van der Waals surface area contributed by atoms with E-state index in [2.05, 4.69) is 5.73 Å². The van der Waals surface area contributed by atoms with E-state index in [4.69, 9.17) is 0 Å². The largest absolute Gasteiger partial charge is 0.478 e. The summed E-state index contributed by atoms with van der Waals surface area (Å²) in [5.41, 5.74) is 7.08. The summed E-state index contributed by atoms with van der Waals surface area (Å²) in [5.74, 6) is -1.40. The molecule has 1 heterocycles. The third-order valence-electron chi connectivity index (χ3n) is 5.24. The molecule has 0 radical (unpaired) electrons. The first kappa shape index (κ1) is 22.5. The van der Waals surface area contributed by atoms with Crippen molar-refractivity contribution >= 4 is 32.6 Å². The second-order valence-corrected chi connectivity index (χ2v) is 9.32. The molecule has 164 valence electrons. The molecule has 0 saturated carbocycles. The van der Waals surface area contributed by atoms with Gasteiger partial charge in [0.25, 0.3) is 0 Å². The number of carboxylic acids is 1. The minimum absolute atomic E-state index is 0.00674. The number of halogens is 1. The van der Waals surface area contributed by atoms with Crippen LogP contribution in [0.2, 0.25) is 0 Å². The molecule has 1 aromatic heterocycles. The predicted octanol–water partition coefficient (Wildman–Crippen LogP) is 2.81. The fourth-order valence-corrected chi connectivity index (χ4v) is 4.10. The van der Waals surface area contributed by atoms with Crippen molar-refractivity contribution < 1.29 is 28.4 Å². The Hall–Kier alpha value is -3.17. The van der Waals surface area contributed by atoms with Crippen molar-refractivity contribution in [1.29, 1.82) is 0 Å². The lowest BCUT2D eigenvalue weighted by Gasteiger charge is -2.17. The lowest BCUT2D eigenvalue weighted by molar-refractivity contribution is -0.353. The lowest BCUT2D eigenvalue weighted by atomic mass is 10.0. The second kappa shape index (κ2) is 8.52. The quantitative estimate of drug-likeness (QED) is 0.582. The van der Waals surface area contributed by atoms with Crippen LogP contribution in [0.15, 0.2) is 54.4 Å². The molecule has 0 unspecified atom stereocenters. The Labute approximate surface area is 180 Å². The number of aromatic carboxylic acids is 1. The Morgan fingerprint density at radius 1 is 1.26 bits per heavy atom. The number of hydrogen-bond donors (Lipinski definition) is 2. The van der Waals surface area contributed by atoms with Gasteiger partial charge in [-0.2, -0.15) is 0 Å². The van der Waals surface area contributed by atoms with E-state index in [1.807, 2.05) is 13.0 Å². The Kier molecular flexibility index (Phi) is 6.19. The molecule has 9 heteroatoms. The molecule has 3 rings (SSSR count). The molecule has 2 aromatic carbocycles. The van der Waals surface area contributed by atoms with Crippen molar-refractivity contribution in [2.75, 3.05) is 24.2 Å². The number of carboxylic acid groups (broad SMARTS) is 1. The van der Waals surface area contributed by atoms with Crippen LogP contribution in [-0.2, 0) is 16.6 Å². The van der Waals surface area contributed by atoms with E-state index in [-0.39, 0.29) is 17.9 Å². The molecule has 0 aliphatic rings. The number of sulfonamides is 1. The topological polar surface area (TPSA) is 107 Å². The van der Waals surface area contributed by atoms with Crippen LogP contribution < -0.4 is 10.0 Å². The highest BCUT2D eigenvalue weighted by atomic mass is 32.2. The van der Waals surface area contributed by atoms with Crippen LogP contribution in [0.5, 0.6) is 0 Å². The van der Waals surface area contributed by atoms with Gasteiger partial charge in [0, 0.05) is 35.3 Å². The van der Waals surface area contributed by atoms with Gasteiger partial charge >= 0.3 is 5.97 Å². The molecule has 0 spiro atoms. The van der Waals surface area contributed by atoms with Gasteiger partial charge < -0.3 is 15.4 Å². The summed E-state index contributed by atoms with van der Waals surface area (Å²) in [6, 6.07) is 11.7. The molecule has 0 atom stereocenters. The van der Waals surface area contributed by atoms with Crippen LogP contribution in [0.1, 0.15) is 16.1 Å². The minimum Gasteiger partial charge on any atom is -0.478 e. The summed E-state index contributed by atoms with van der Waals surface area (Å²) < 4.78 is 41.2. The van der Waals surface area contributed by atoms with Crippen LogP contribution in [0, 0.1) is 6.92 Å². The average molecular weight is 447 g/mol. The van der Waals surface area contributed by atoms with Crippen LogP contribution in [-0.4, -0.2) is 43.9 Å². The van der Waals surface area contributed by atoms with E-state index in [0.29, 0.717) is 28.7 Å². The van der Waals surface area contributed by atoms with Gasteiger partial charge in [0.05, 0.1) is 30.6 Å². The van der Waals surface area contributed by atoms with Crippen LogP contribution in [0.4, 0.5) is 10.1 Å². The van der Waals surface area contributed by atoms with E-state index in [1.54, 1.807) is 34.9 Å². The fraction of sp³-hybridized carbons (Fsp3) is 0.227. The van der Waals surface area contributed by atoms with Gasteiger partial charge in [0.1, 0.15) is 5.83 Å². The monoisotopic (exact) mass is 446 g/mol. The minimum atomic E-state index is -3.45. The van der Waals surface area contributed by atoms with Crippen molar-refractivity contribution in [2.24, 2.45) is 0 Å². The number of benzene rings is 2. The Bertz CT molecular complexity index is 1300. The third-order valence-corrected chi connectivity index (χ3v) is 6.45. The van der Waals surface area contributed by atoms with Gasteiger partial charge in [0.2, 0.25) is 10.0 Å². The number of nitrogens with zero attached hydrogens (tertiary/aromatic N) is 2. The fourth-order valence-electron chi connectivity index (χ4n) is 3.60. The number of hydrogen-bond acceptors (Lipinski definition) is 3. The number of fused-ring (bicyclic) bond motifs is 1. The Balaban J connectivity index is 2.29. The number of aromatic nitrogens is 1. The first-order valence-corrected chi connectivity index (χ1v) is 11.4. The third kappa shape index (κ3) is 4.47. The van der Waals surface area contributed by atoms with Crippen molar-refractivity contribution in [3.8, 4) is 11.1 Å². The van der Waals surface area contributed by atoms with Crippen molar-refractivity contribution in [1.82, 2.24) is 4.57 Å². The smallest absolute Gasteiger partial charge is 0.335 e. The van der Waals surface area contributed by atoms with Crippen molar-refractivity contribution in [3.63, 3.8) is 0 Å². The molecule has 0 aliphatic carbocycles. The van der Waals surface area contributed by atoms with E-state index >= 15 is 0 Å². The maximum atomic E-state index is 14.4. The molecule has 0 aliphatic heterocycles. The lowest BCUT2D eigenvalue weighted by Crippen LogP contribution is -2.49. The maximum Gasteiger partial charge on any atom is 0.335 e. The van der Waals surface area contributed by atoms with Gasteiger partial charge in [-0.15, -0.1) is 0 Å². The van der Waals surface area contributed by atoms with E-state index in [9.17, 15) is 22.7 Å². The van der Waals surface area contributed by atoms with Crippen LogP contribution in [0.3, 0.4) is 0 Å². The predicted molar refractivity (Wildman–Crippen MR) is 119 cm³/mol. The van der Waals surface area contributed by atoms with E-state index < -0.39 is 16.0 Å². The number of rotatable bonds is 7. The first-order chi connectivity index (χ1) is 14.5. The summed E-state index contributed by atoms with van der Waals surface area (Å²) >= 11 is 0. The van der Waals surface area contributed by atoms with Crippen molar-refractivity contribution in [2.45, 2.75) is 13.5 Å². The van der Waals surface area contributed by atoms with Gasteiger partial charge in [0.15, 0.2) is 0 Å². The summed E-state index contributed by atoms with van der Waals surface area (Å²) in [6.07, 6.45) is 2.52. The van der Waals surface area contributed by atoms with Crippen LogP contribution >= 0.6 is 0 Å². The Morgan fingerprint density at radius 2 is 1.97 bits per heavy atom. The molecule has 0 fully saturated rings. The average Bonchev–Trinajstić information content (AvgIpc) is 2.97. The standard InChI is InChI=1S/C22H24FN3O4S/c1-14-21(15-5-4-6-18(11-15)25(2)31(3,29)30)19-12-16(22(27)28)7-8-20(19)26(14)13-17(23)9-10-24/h4-9,11-12H,10,13,24H2,1-3H3,(H,27,28)/p+1.